The second-order valence-electron chi connectivity index (χ2n) is 7.42. The number of carbonyl (C=O) groups excluding carboxylic acids is 2. The lowest BCUT2D eigenvalue weighted by atomic mass is 9.92. The minimum Gasteiger partial charge on any atom is -0.344 e. The van der Waals surface area contributed by atoms with E-state index in [0.717, 1.165) is 0 Å². The van der Waals surface area contributed by atoms with E-state index < -0.39 is 48.3 Å². The Morgan fingerprint density at radius 3 is 2.00 bits per heavy atom. The van der Waals surface area contributed by atoms with Crippen LogP contribution in [0.2, 0.25) is 0 Å². The van der Waals surface area contributed by atoms with Gasteiger partial charge < -0.3 is 29.0 Å². The highest BCUT2D eigenvalue weighted by Gasteiger charge is 2.62. The molecule has 0 unspecified atom stereocenters. The summed E-state index contributed by atoms with van der Waals surface area (Å²) in [6, 6.07) is -0.847. The van der Waals surface area contributed by atoms with Crippen molar-refractivity contribution in [1.82, 2.24) is 5.32 Å². The maximum absolute atomic E-state index is 12.1. The van der Waals surface area contributed by atoms with Crippen LogP contribution in [0.1, 0.15) is 41.5 Å². The highest BCUT2D eigenvalue weighted by molar-refractivity contribution is 5.87. The van der Waals surface area contributed by atoms with E-state index >= 15 is 0 Å². The lowest BCUT2D eigenvalue weighted by Gasteiger charge is -2.40. The van der Waals surface area contributed by atoms with Gasteiger partial charge in [-0.15, -0.1) is 0 Å². The molecule has 3 heterocycles. The molecule has 0 bridgehead atoms. The highest BCUT2D eigenvalue weighted by Crippen LogP contribution is 2.44. The SMILES string of the molecule is CC(=O)N[C@H](C(C)=O)[C@H]1O[C@@H]2OC(C)(C)O[C@@H]2[C@H]2OC(C)(C)O[C@H]21. The molecule has 1 amide bonds. The van der Waals surface area contributed by atoms with E-state index in [0.29, 0.717) is 0 Å². The molecule has 3 aliphatic heterocycles. The number of fused-ring (bicyclic) bond motifs is 3. The molecule has 0 spiro atoms. The van der Waals surface area contributed by atoms with E-state index in [1.165, 1.54) is 13.8 Å². The average Bonchev–Trinajstić information content (AvgIpc) is 2.89. The van der Waals surface area contributed by atoms with E-state index in [1.54, 1.807) is 27.7 Å². The molecule has 0 aromatic heterocycles. The summed E-state index contributed by atoms with van der Waals surface area (Å²) in [5.74, 6) is -2.22. The second kappa shape index (κ2) is 5.74. The molecule has 3 saturated heterocycles. The molecule has 1 N–H and O–H groups in total. The zero-order valence-electron chi connectivity index (χ0n) is 14.8. The van der Waals surface area contributed by atoms with Crippen LogP contribution in [0.3, 0.4) is 0 Å². The summed E-state index contributed by atoms with van der Waals surface area (Å²) in [5.41, 5.74) is 0. The van der Waals surface area contributed by atoms with Gasteiger partial charge in [-0.05, 0) is 34.6 Å². The van der Waals surface area contributed by atoms with Gasteiger partial charge in [-0.25, -0.2) is 0 Å². The third kappa shape index (κ3) is 3.21. The Morgan fingerprint density at radius 2 is 1.42 bits per heavy atom. The lowest BCUT2D eigenvalue weighted by Crippen LogP contribution is -2.63. The van der Waals surface area contributed by atoms with Gasteiger partial charge >= 0.3 is 0 Å². The van der Waals surface area contributed by atoms with Crippen molar-refractivity contribution in [2.75, 3.05) is 0 Å². The number of hydrogen-bond donors (Lipinski definition) is 1. The zero-order chi connectivity index (χ0) is 17.9. The van der Waals surface area contributed by atoms with Gasteiger partial charge in [-0.3, -0.25) is 9.59 Å². The molecule has 136 valence electrons. The molecule has 3 aliphatic rings. The van der Waals surface area contributed by atoms with Crippen LogP contribution in [0.4, 0.5) is 0 Å². The van der Waals surface area contributed by atoms with Gasteiger partial charge in [0.15, 0.2) is 23.6 Å². The van der Waals surface area contributed by atoms with E-state index in [-0.39, 0.29) is 11.7 Å². The van der Waals surface area contributed by atoms with Crippen molar-refractivity contribution in [2.45, 2.75) is 89.9 Å². The molecule has 8 nitrogen and oxygen atoms in total. The Hall–Kier alpha value is -1.06. The standard InChI is InChI=1S/C16H25NO7/c1-7(18)9(17-8(2)19)10-11-12(22-15(3,4)21-11)13-14(20-10)24-16(5,6)23-13/h9-14H,1-6H3,(H,17,19)/t9-,10-,11+,12+,13-,14-/m1/s1. The van der Waals surface area contributed by atoms with Crippen molar-refractivity contribution in [2.24, 2.45) is 0 Å². The van der Waals surface area contributed by atoms with Crippen LogP contribution in [-0.2, 0) is 33.3 Å². The average molecular weight is 343 g/mol. The maximum Gasteiger partial charge on any atom is 0.217 e. The first kappa shape index (κ1) is 17.8. The predicted molar refractivity (Wildman–Crippen MR) is 80.8 cm³/mol. The van der Waals surface area contributed by atoms with Crippen LogP contribution in [0.15, 0.2) is 0 Å². The largest absolute Gasteiger partial charge is 0.344 e. The number of amides is 1. The number of ketones is 1. The number of Topliss-reactive ketones (excluding diaryl/α,β-unsaturated/α-hetero) is 1. The number of ether oxygens (including phenoxy) is 5. The Bertz CT molecular complexity index is 547. The maximum atomic E-state index is 12.1. The van der Waals surface area contributed by atoms with Crippen molar-refractivity contribution in [3.05, 3.63) is 0 Å². The first-order valence-corrected chi connectivity index (χ1v) is 8.13. The lowest BCUT2D eigenvalue weighted by molar-refractivity contribution is -0.238. The van der Waals surface area contributed by atoms with Crippen LogP contribution in [-0.4, -0.2) is 60.0 Å². The van der Waals surface area contributed by atoms with Gasteiger partial charge in [-0.2, -0.15) is 0 Å². The number of carbonyl (C=O) groups is 2. The number of hydrogen-bond acceptors (Lipinski definition) is 7. The van der Waals surface area contributed by atoms with E-state index in [9.17, 15) is 9.59 Å². The summed E-state index contributed by atoms with van der Waals surface area (Å²) in [6.07, 6.45) is -2.90. The first-order chi connectivity index (χ1) is 11.0. The van der Waals surface area contributed by atoms with Gasteiger partial charge in [-0.1, -0.05) is 0 Å². The van der Waals surface area contributed by atoms with Crippen molar-refractivity contribution in [3.63, 3.8) is 0 Å². The molecule has 3 fully saturated rings. The first-order valence-electron chi connectivity index (χ1n) is 8.13. The molecule has 0 radical (unpaired) electrons. The molecule has 0 aromatic rings. The molecule has 0 aliphatic carbocycles. The van der Waals surface area contributed by atoms with Gasteiger partial charge in [0.25, 0.3) is 0 Å². The summed E-state index contributed by atoms with van der Waals surface area (Å²) in [7, 11) is 0. The summed E-state index contributed by atoms with van der Waals surface area (Å²) >= 11 is 0. The van der Waals surface area contributed by atoms with E-state index in [1.807, 2.05) is 0 Å². The van der Waals surface area contributed by atoms with Crippen LogP contribution >= 0.6 is 0 Å². The van der Waals surface area contributed by atoms with Crippen molar-refractivity contribution < 1.29 is 33.3 Å². The van der Waals surface area contributed by atoms with Crippen LogP contribution in [0.5, 0.6) is 0 Å². The summed E-state index contributed by atoms with van der Waals surface area (Å²) in [4.78, 5) is 23.6. The van der Waals surface area contributed by atoms with Crippen LogP contribution < -0.4 is 5.32 Å². The monoisotopic (exact) mass is 343 g/mol. The van der Waals surface area contributed by atoms with Crippen molar-refractivity contribution in [1.29, 1.82) is 0 Å². The summed E-state index contributed by atoms with van der Waals surface area (Å²) in [5, 5.41) is 2.64. The molecular weight excluding hydrogens is 318 g/mol. The van der Waals surface area contributed by atoms with Gasteiger partial charge in [0.1, 0.15) is 30.5 Å². The Kier molecular flexibility index (Phi) is 4.25. The summed E-state index contributed by atoms with van der Waals surface area (Å²) < 4.78 is 29.6. The minimum absolute atomic E-state index is 0.223. The second-order valence-corrected chi connectivity index (χ2v) is 7.42. The zero-order valence-corrected chi connectivity index (χ0v) is 14.8. The third-order valence-corrected chi connectivity index (χ3v) is 4.32. The van der Waals surface area contributed by atoms with Crippen LogP contribution in [0, 0.1) is 0 Å². The fraction of sp³-hybridized carbons (Fsp3) is 0.875. The number of nitrogens with one attached hydrogen (secondary N) is 1. The smallest absolute Gasteiger partial charge is 0.217 e. The Balaban J connectivity index is 1.92. The normalized spacial score (nSPS) is 40.5. The fourth-order valence-electron chi connectivity index (χ4n) is 3.54. The molecule has 8 heteroatoms. The molecule has 0 saturated carbocycles. The molecule has 0 aromatic carbocycles. The van der Waals surface area contributed by atoms with E-state index in [2.05, 4.69) is 5.32 Å². The number of rotatable bonds is 3. The van der Waals surface area contributed by atoms with Crippen molar-refractivity contribution >= 4 is 11.7 Å². The van der Waals surface area contributed by atoms with Crippen LogP contribution in [0.25, 0.3) is 0 Å². The molecule has 6 atom stereocenters. The minimum atomic E-state index is -0.848. The molecule has 24 heavy (non-hydrogen) atoms. The fourth-order valence-corrected chi connectivity index (χ4v) is 3.54. The summed E-state index contributed by atoms with van der Waals surface area (Å²) in [6.45, 7) is 9.92. The predicted octanol–water partition coefficient (Wildman–Crippen LogP) is 0.477. The quantitative estimate of drug-likeness (QED) is 0.796. The van der Waals surface area contributed by atoms with E-state index in [4.69, 9.17) is 23.7 Å². The van der Waals surface area contributed by atoms with Gasteiger partial charge in [0.05, 0.1) is 0 Å². The molecular formula is C16H25NO7. The third-order valence-electron chi connectivity index (χ3n) is 4.32. The Morgan fingerprint density at radius 1 is 0.875 bits per heavy atom. The Labute approximate surface area is 141 Å². The van der Waals surface area contributed by atoms with Gasteiger partial charge in [0, 0.05) is 6.92 Å². The van der Waals surface area contributed by atoms with Gasteiger partial charge in [0.2, 0.25) is 5.91 Å². The molecule has 3 rings (SSSR count). The van der Waals surface area contributed by atoms with Crippen molar-refractivity contribution in [3.8, 4) is 0 Å². The highest BCUT2D eigenvalue weighted by atomic mass is 16.9. The topological polar surface area (TPSA) is 92.3 Å².